The second-order valence-corrected chi connectivity index (χ2v) is 7.64. The second kappa shape index (κ2) is 9.66. The molecule has 0 unspecified atom stereocenters. The van der Waals surface area contributed by atoms with Crippen molar-refractivity contribution in [3.8, 4) is 5.88 Å². The van der Waals surface area contributed by atoms with Gasteiger partial charge < -0.3 is 24.7 Å². The lowest BCUT2D eigenvalue weighted by Crippen LogP contribution is -2.37. The van der Waals surface area contributed by atoms with E-state index in [0.717, 1.165) is 16.6 Å². The maximum atomic E-state index is 13.1. The first-order valence-corrected chi connectivity index (χ1v) is 10.9. The summed E-state index contributed by atoms with van der Waals surface area (Å²) in [5.74, 6) is 0.491. The van der Waals surface area contributed by atoms with Gasteiger partial charge in [0.05, 0.1) is 19.8 Å². The van der Waals surface area contributed by atoms with E-state index in [9.17, 15) is 4.79 Å². The Labute approximate surface area is 190 Å². The third-order valence-corrected chi connectivity index (χ3v) is 5.36. The highest BCUT2D eigenvalue weighted by molar-refractivity contribution is 6.04. The topological polar surface area (TPSA) is 105 Å². The summed E-state index contributed by atoms with van der Waals surface area (Å²) in [6.45, 7) is 2.88. The van der Waals surface area contributed by atoms with Gasteiger partial charge in [0.15, 0.2) is 0 Å². The minimum atomic E-state index is -0.323. The molecule has 0 aliphatic carbocycles. The standard InChI is InChI=1S/C24H24N6O3/c31-23(27-19-4-5-20-17(15-19)6-9-26-20)21-16-22(33-12-7-18-3-1-2-8-25-18)29-24(28-21)30-10-13-32-14-11-30/h1-6,8-9,15-16,26H,7,10-14H2,(H,27,31). The Balaban J connectivity index is 1.35. The number of nitrogens with one attached hydrogen (secondary N) is 2. The number of fused-ring (bicyclic) bond motifs is 1. The van der Waals surface area contributed by atoms with Crippen LogP contribution in [0.3, 0.4) is 0 Å². The van der Waals surface area contributed by atoms with Crippen molar-refractivity contribution in [3.63, 3.8) is 0 Å². The quantitative estimate of drug-likeness (QED) is 0.451. The molecule has 0 atom stereocenters. The Morgan fingerprint density at radius 1 is 1.12 bits per heavy atom. The van der Waals surface area contributed by atoms with Crippen molar-refractivity contribution >= 4 is 28.4 Å². The first-order chi connectivity index (χ1) is 16.2. The average Bonchev–Trinajstić information content (AvgIpc) is 3.33. The van der Waals surface area contributed by atoms with Crippen LogP contribution in [0, 0.1) is 0 Å². The summed E-state index contributed by atoms with van der Waals surface area (Å²) < 4.78 is 11.3. The molecule has 9 heteroatoms. The summed E-state index contributed by atoms with van der Waals surface area (Å²) in [5, 5.41) is 3.94. The van der Waals surface area contributed by atoms with E-state index in [0.29, 0.717) is 56.8 Å². The summed E-state index contributed by atoms with van der Waals surface area (Å²) in [6.07, 6.45) is 4.25. The molecule has 3 aromatic heterocycles. The van der Waals surface area contributed by atoms with Gasteiger partial charge in [0.1, 0.15) is 5.69 Å². The molecule has 0 radical (unpaired) electrons. The number of hydrogen-bond acceptors (Lipinski definition) is 7. The number of benzene rings is 1. The Morgan fingerprint density at radius 3 is 2.88 bits per heavy atom. The van der Waals surface area contributed by atoms with Crippen LogP contribution in [0.4, 0.5) is 11.6 Å². The number of hydrogen-bond donors (Lipinski definition) is 2. The highest BCUT2D eigenvalue weighted by atomic mass is 16.5. The molecule has 4 heterocycles. The van der Waals surface area contributed by atoms with E-state index >= 15 is 0 Å². The molecular formula is C24H24N6O3. The van der Waals surface area contributed by atoms with Crippen molar-refractivity contribution in [2.75, 3.05) is 43.1 Å². The van der Waals surface area contributed by atoms with Crippen LogP contribution >= 0.6 is 0 Å². The third-order valence-electron chi connectivity index (χ3n) is 5.36. The predicted molar refractivity (Wildman–Crippen MR) is 125 cm³/mol. The molecule has 1 aromatic carbocycles. The van der Waals surface area contributed by atoms with Crippen LogP contribution < -0.4 is 15.0 Å². The molecule has 1 saturated heterocycles. The van der Waals surface area contributed by atoms with Gasteiger partial charge in [-0.2, -0.15) is 4.98 Å². The highest BCUT2D eigenvalue weighted by Gasteiger charge is 2.19. The van der Waals surface area contributed by atoms with E-state index in [1.54, 1.807) is 12.3 Å². The molecule has 1 amide bonds. The van der Waals surface area contributed by atoms with Gasteiger partial charge >= 0.3 is 0 Å². The number of pyridine rings is 1. The van der Waals surface area contributed by atoms with Crippen molar-refractivity contribution in [1.82, 2.24) is 19.9 Å². The van der Waals surface area contributed by atoms with E-state index < -0.39 is 0 Å². The molecule has 168 valence electrons. The maximum Gasteiger partial charge on any atom is 0.274 e. The van der Waals surface area contributed by atoms with Crippen LogP contribution in [0.5, 0.6) is 5.88 Å². The Bertz CT molecular complexity index is 1240. The molecule has 1 aliphatic heterocycles. The van der Waals surface area contributed by atoms with Gasteiger partial charge in [-0.25, -0.2) is 4.98 Å². The molecule has 1 fully saturated rings. The maximum absolute atomic E-state index is 13.1. The third kappa shape index (κ3) is 5.09. The number of H-pyrrole nitrogens is 1. The summed E-state index contributed by atoms with van der Waals surface area (Å²) >= 11 is 0. The van der Waals surface area contributed by atoms with E-state index in [1.165, 1.54) is 0 Å². The van der Waals surface area contributed by atoms with E-state index in [2.05, 4.69) is 25.3 Å². The fourth-order valence-electron chi connectivity index (χ4n) is 3.64. The molecule has 33 heavy (non-hydrogen) atoms. The van der Waals surface area contributed by atoms with Gasteiger partial charge in [0.25, 0.3) is 5.91 Å². The van der Waals surface area contributed by atoms with Gasteiger partial charge in [0.2, 0.25) is 11.8 Å². The minimum absolute atomic E-state index is 0.244. The predicted octanol–water partition coefficient (Wildman–Crippen LogP) is 3.06. The molecule has 1 aliphatic rings. The summed E-state index contributed by atoms with van der Waals surface area (Å²) in [5.41, 5.74) is 2.87. The molecule has 4 aromatic rings. The van der Waals surface area contributed by atoms with Gasteiger partial charge in [0, 0.05) is 60.3 Å². The summed E-state index contributed by atoms with van der Waals surface area (Å²) in [6, 6.07) is 15.0. The lowest BCUT2D eigenvalue weighted by molar-refractivity contribution is 0.102. The smallest absolute Gasteiger partial charge is 0.274 e. The van der Waals surface area contributed by atoms with Gasteiger partial charge in [-0.15, -0.1) is 0 Å². The fourth-order valence-corrected chi connectivity index (χ4v) is 3.64. The van der Waals surface area contributed by atoms with Crippen LogP contribution in [-0.2, 0) is 11.2 Å². The monoisotopic (exact) mass is 444 g/mol. The van der Waals surface area contributed by atoms with E-state index in [-0.39, 0.29) is 11.6 Å². The van der Waals surface area contributed by atoms with Gasteiger partial charge in [-0.3, -0.25) is 9.78 Å². The lowest BCUT2D eigenvalue weighted by Gasteiger charge is -2.27. The van der Waals surface area contributed by atoms with Crippen LogP contribution in [-0.4, -0.2) is 58.8 Å². The average molecular weight is 444 g/mol. The van der Waals surface area contributed by atoms with Crippen LogP contribution in [0.25, 0.3) is 10.9 Å². The molecule has 0 bridgehead atoms. The molecular weight excluding hydrogens is 420 g/mol. The van der Waals surface area contributed by atoms with Crippen LogP contribution in [0.1, 0.15) is 16.2 Å². The minimum Gasteiger partial charge on any atom is -0.477 e. The van der Waals surface area contributed by atoms with Crippen LogP contribution in [0.2, 0.25) is 0 Å². The van der Waals surface area contributed by atoms with Crippen LogP contribution in [0.15, 0.2) is 60.9 Å². The number of nitrogens with zero attached hydrogens (tertiary/aromatic N) is 4. The number of carbonyl (C=O) groups excluding carboxylic acids is 1. The normalized spacial score (nSPS) is 13.8. The zero-order valence-electron chi connectivity index (χ0n) is 18.0. The number of ether oxygens (including phenoxy) is 2. The Morgan fingerprint density at radius 2 is 2.03 bits per heavy atom. The number of aromatic amines is 1. The van der Waals surface area contributed by atoms with Gasteiger partial charge in [-0.1, -0.05) is 6.07 Å². The molecule has 5 rings (SSSR count). The summed E-state index contributed by atoms with van der Waals surface area (Å²) in [7, 11) is 0. The largest absolute Gasteiger partial charge is 0.477 e. The first-order valence-electron chi connectivity index (χ1n) is 10.9. The number of morpholine rings is 1. The molecule has 9 nitrogen and oxygen atoms in total. The SMILES string of the molecule is O=C(Nc1ccc2[nH]ccc2c1)c1cc(OCCc2ccccn2)nc(N2CCOCC2)n1. The number of aromatic nitrogens is 4. The fraction of sp³-hybridized carbons (Fsp3) is 0.250. The highest BCUT2D eigenvalue weighted by Crippen LogP contribution is 2.21. The van der Waals surface area contributed by atoms with E-state index in [4.69, 9.17) is 9.47 Å². The van der Waals surface area contributed by atoms with Crippen molar-refractivity contribution < 1.29 is 14.3 Å². The Kier molecular flexibility index (Phi) is 6.12. The number of rotatable bonds is 7. The molecule has 2 N–H and O–H groups in total. The van der Waals surface area contributed by atoms with Gasteiger partial charge in [-0.05, 0) is 36.4 Å². The van der Waals surface area contributed by atoms with Crippen molar-refractivity contribution in [2.45, 2.75) is 6.42 Å². The van der Waals surface area contributed by atoms with E-state index in [1.807, 2.05) is 53.6 Å². The van der Waals surface area contributed by atoms with Crippen molar-refractivity contribution in [3.05, 3.63) is 72.3 Å². The lowest BCUT2D eigenvalue weighted by atomic mass is 10.2. The molecule has 0 spiro atoms. The summed E-state index contributed by atoms with van der Waals surface area (Å²) in [4.78, 5) is 31.6. The van der Waals surface area contributed by atoms with Crippen molar-refractivity contribution in [2.24, 2.45) is 0 Å². The Hall–Kier alpha value is -3.98. The second-order valence-electron chi connectivity index (χ2n) is 7.64. The zero-order valence-corrected chi connectivity index (χ0v) is 18.0. The number of carbonyl (C=O) groups is 1. The molecule has 0 saturated carbocycles. The zero-order chi connectivity index (χ0) is 22.5. The number of amides is 1. The number of anilines is 2. The van der Waals surface area contributed by atoms with Crippen molar-refractivity contribution in [1.29, 1.82) is 0 Å². The first kappa shape index (κ1) is 20.9.